The van der Waals surface area contributed by atoms with Crippen molar-refractivity contribution in [3.05, 3.63) is 0 Å². The van der Waals surface area contributed by atoms with E-state index in [9.17, 15) is 5.11 Å². The molecule has 3 heteroatoms. The summed E-state index contributed by atoms with van der Waals surface area (Å²) in [5.41, 5.74) is 0. The number of rotatable bonds is 0. The molecule has 1 rings (SSSR count). The van der Waals surface area contributed by atoms with E-state index in [0.717, 1.165) is 25.9 Å². The van der Waals surface area contributed by atoms with Crippen LogP contribution in [-0.2, 0) is 0 Å². The van der Waals surface area contributed by atoms with Crippen LogP contribution in [0.25, 0.3) is 0 Å². The van der Waals surface area contributed by atoms with Crippen LogP contribution in [-0.4, -0.2) is 36.2 Å². The molecule has 0 aromatic carbocycles. The normalized spacial score (nSPS) is 34.3. The molecule has 0 saturated carbocycles. The van der Waals surface area contributed by atoms with Gasteiger partial charge < -0.3 is 10.0 Å². The molecule has 0 spiro atoms. The fraction of sp³-hybridized carbons (Fsp3) is 0.875. The summed E-state index contributed by atoms with van der Waals surface area (Å²) in [7, 11) is 2.02. The van der Waals surface area contributed by atoms with Gasteiger partial charge in [0.25, 0.3) is 0 Å². The predicted octanol–water partition coefficient (Wildman–Crippen LogP) is 0.213. The second-order valence-electron chi connectivity index (χ2n) is 3.18. The van der Waals surface area contributed by atoms with Gasteiger partial charge >= 0.3 is 0 Å². The molecule has 0 bridgehead atoms. The highest BCUT2D eigenvalue weighted by Gasteiger charge is 2.22. The molecule has 1 N–H and O–H groups in total. The molecule has 0 radical (unpaired) electrons. The van der Waals surface area contributed by atoms with Gasteiger partial charge in [-0.15, -0.1) is 0 Å². The summed E-state index contributed by atoms with van der Waals surface area (Å²) in [6.45, 7) is 1.83. The van der Waals surface area contributed by atoms with Crippen molar-refractivity contribution in [3.63, 3.8) is 0 Å². The summed E-state index contributed by atoms with van der Waals surface area (Å²) in [6, 6.07) is 2.14. The van der Waals surface area contributed by atoms with Crippen molar-refractivity contribution in [2.24, 2.45) is 5.92 Å². The average molecular weight is 154 g/mol. The van der Waals surface area contributed by atoms with E-state index >= 15 is 0 Å². The summed E-state index contributed by atoms with van der Waals surface area (Å²) in [6.07, 6.45) is 1.12. The summed E-state index contributed by atoms with van der Waals surface area (Å²) in [5, 5.41) is 18.1. The van der Waals surface area contributed by atoms with Crippen molar-refractivity contribution in [2.75, 3.05) is 20.1 Å². The molecule has 2 unspecified atom stereocenters. The maximum Gasteiger partial charge on any atom is 0.0735 e. The molecule has 1 aliphatic heterocycles. The molecule has 1 aliphatic rings. The Kier molecular flexibility index (Phi) is 2.86. The van der Waals surface area contributed by atoms with E-state index in [1.807, 2.05) is 7.05 Å². The number of nitrogens with zero attached hydrogens (tertiary/aromatic N) is 2. The highest BCUT2D eigenvalue weighted by molar-refractivity contribution is 4.90. The summed E-state index contributed by atoms with van der Waals surface area (Å²) in [4.78, 5) is 2.15. The first-order valence-electron chi connectivity index (χ1n) is 4.00. The first-order valence-corrected chi connectivity index (χ1v) is 4.00. The monoisotopic (exact) mass is 154 g/mol. The van der Waals surface area contributed by atoms with Crippen LogP contribution in [0.4, 0.5) is 0 Å². The van der Waals surface area contributed by atoms with E-state index in [0.29, 0.717) is 0 Å². The minimum Gasteiger partial charge on any atom is -0.392 e. The molecule has 1 heterocycles. The third kappa shape index (κ3) is 2.18. The molecule has 0 aromatic heterocycles. The van der Waals surface area contributed by atoms with E-state index in [-0.39, 0.29) is 5.92 Å². The second kappa shape index (κ2) is 3.70. The lowest BCUT2D eigenvalue weighted by Gasteiger charge is -2.10. The van der Waals surface area contributed by atoms with Crippen molar-refractivity contribution >= 4 is 0 Å². The smallest absolute Gasteiger partial charge is 0.0735 e. The van der Waals surface area contributed by atoms with Crippen molar-refractivity contribution < 1.29 is 5.11 Å². The van der Waals surface area contributed by atoms with Crippen molar-refractivity contribution in [2.45, 2.75) is 18.9 Å². The van der Waals surface area contributed by atoms with Gasteiger partial charge in [-0.3, -0.25) is 0 Å². The van der Waals surface area contributed by atoms with E-state index in [1.54, 1.807) is 0 Å². The van der Waals surface area contributed by atoms with Gasteiger partial charge in [-0.25, -0.2) is 0 Å². The Morgan fingerprint density at radius 2 is 2.09 bits per heavy atom. The first-order chi connectivity index (χ1) is 5.24. The van der Waals surface area contributed by atoms with Crippen molar-refractivity contribution in [1.29, 1.82) is 5.26 Å². The Bertz CT molecular complexity index is 164. The molecule has 2 atom stereocenters. The van der Waals surface area contributed by atoms with Crippen LogP contribution in [0.1, 0.15) is 12.8 Å². The van der Waals surface area contributed by atoms with Gasteiger partial charge in [0.15, 0.2) is 0 Å². The van der Waals surface area contributed by atoms with Crippen LogP contribution >= 0.6 is 0 Å². The predicted molar refractivity (Wildman–Crippen MR) is 41.8 cm³/mol. The summed E-state index contributed by atoms with van der Waals surface area (Å²) < 4.78 is 0. The van der Waals surface area contributed by atoms with Gasteiger partial charge in [-0.05, 0) is 26.4 Å². The van der Waals surface area contributed by atoms with Gasteiger partial charge in [-0.1, -0.05) is 0 Å². The Morgan fingerprint density at radius 3 is 2.73 bits per heavy atom. The fourth-order valence-electron chi connectivity index (χ4n) is 1.37. The maximum atomic E-state index is 9.42. The Morgan fingerprint density at radius 1 is 1.45 bits per heavy atom. The number of hydrogen-bond acceptors (Lipinski definition) is 3. The third-order valence-corrected chi connectivity index (χ3v) is 2.26. The van der Waals surface area contributed by atoms with Gasteiger partial charge in [0, 0.05) is 6.54 Å². The highest BCUT2D eigenvalue weighted by atomic mass is 16.3. The maximum absolute atomic E-state index is 9.42. The van der Waals surface area contributed by atoms with E-state index in [1.165, 1.54) is 0 Å². The topological polar surface area (TPSA) is 47.3 Å². The fourth-order valence-corrected chi connectivity index (χ4v) is 1.37. The third-order valence-electron chi connectivity index (χ3n) is 2.26. The van der Waals surface area contributed by atoms with Crippen LogP contribution < -0.4 is 0 Å². The molecule has 11 heavy (non-hydrogen) atoms. The molecule has 0 aliphatic carbocycles. The number of aliphatic hydroxyl groups excluding tert-OH is 1. The van der Waals surface area contributed by atoms with Crippen LogP contribution in [0.3, 0.4) is 0 Å². The van der Waals surface area contributed by atoms with Crippen LogP contribution in [0.5, 0.6) is 0 Å². The molecule has 0 amide bonds. The van der Waals surface area contributed by atoms with Gasteiger partial charge in [0.1, 0.15) is 0 Å². The lowest BCUT2D eigenvalue weighted by Crippen LogP contribution is -2.19. The van der Waals surface area contributed by atoms with E-state index < -0.39 is 6.10 Å². The van der Waals surface area contributed by atoms with E-state index in [4.69, 9.17) is 5.26 Å². The summed E-state index contributed by atoms with van der Waals surface area (Å²) in [5.74, 6) is -0.153. The van der Waals surface area contributed by atoms with Crippen molar-refractivity contribution in [1.82, 2.24) is 4.90 Å². The number of hydrogen-bond donors (Lipinski definition) is 1. The minimum absolute atomic E-state index is 0.153. The zero-order valence-corrected chi connectivity index (χ0v) is 6.82. The molecule has 62 valence electrons. The molecule has 3 nitrogen and oxygen atoms in total. The lowest BCUT2D eigenvalue weighted by molar-refractivity contribution is 0.128. The quantitative estimate of drug-likeness (QED) is 0.542. The van der Waals surface area contributed by atoms with Crippen LogP contribution in [0.2, 0.25) is 0 Å². The van der Waals surface area contributed by atoms with Gasteiger partial charge in [-0.2, -0.15) is 5.26 Å². The number of likely N-dealkylation sites (tertiary alicyclic amines) is 1. The Balaban J connectivity index is 2.50. The number of nitriles is 1. The zero-order chi connectivity index (χ0) is 8.27. The lowest BCUT2D eigenvalue weighted by atomic mass is 10.00. The number of aliphatic hydroxyl groups is 1. The SMILES string of the molecule is CN1CCC(O)C(C#N)CC1. The average Bonchev–Trinajstić information content (AvgIpc) is 2.15. The van der Waals surface area contributed by atoms with E-state index in [2.05, 4.69) is 11.0 Å². The highest BCUT2D eigenvalue weighted by Crippen LogP contribution is 2.15. The first kappa shape index (κ1) is 8.51. The Labute approximate surface area is 67.2 Å². The second-order valence-corrected chi connectivity index (χ2v) is 3.18. The van der Waals surface area contributed by atoms with Gasteiger partial charge in [0.05, 0.1) is 18.1 Å². The minimum atomic E-state index is -0.412. The largest absolute Gasteiger partial charge is 0.392 e. The van der Waals surface area contributed by atoms with Crippen molar-refractivity contribution in [3.8, 4) is 6.07 Å². The molecular weight excluding hydrogens is 140 g/mol. The van der Waals surface area contributed by atoms with Gasteiger partial charge in [0.2, 0.25) is 0 Å². The van der Waals surface area contributed by atoms with Crippen LogP contribution in [0.15, 0.2) is 0 Å². The molecular formula is C8H14N2O. The van der Waals surface area contributed by atoms with Crippen LogP contribution in [0, 0.1) is 17.2 Å². The Hall–Kier alpha value is -0.590. The molecule has 0 aromatic rings. The molecule has 1 fully saturated rings. The zero-order valence-electron chi connectivity index (χ0n) is 6.82. The summed E-state index contributed by atoms with van der Waals surface area (Å²) >= 11 is 0. The molecule has 1 saturated heterocycles. The standard InChI is InChI=1S/C8H14N2O/c1-10-4-2-7(6-9)8(11)3-5-10/h7-8,11H,2-5H2,1H3.